The molecule has 144 valence electrons. The first-order valence-electron chi connectivity index (χ1n) is 9.46. The lowest BCUT2D eigenvalue weighted by molar-refractivity contribution is 0.0601. The summed E-state index contributed by atoms with van der Waals surface area (Å²) in [5.41, 5.74) is 8.09. The van der Waals surface area contributed by atoms with Gasteiger partial charge >= 0.3 is 5.97 Å². The number of benzene rings is 2. The summed E-state index contributed by atoms with van der Waals surface area (Å²) >= 11 is 0. The van der Waals surface area contributed by atoms with Gasteiger partial charge in [-0.25, -0.2) is 4.79 Å². The number of carbonyl (C=O) groups is 1. The highest BCUT2D eigenvalue weighted by atomic mass is 16.5. The molecule has 0 aliphatic heterocycles. The van der Waals surface area contributed by atoms with Crippen LogP contribution in [0.15, 0.2) is 53.5 Å². The molecule has 3 rings (SSSR count). The number of rotatable bonds is 5. The molecule has 0 aliphatic carbocycles. The average Bonchev–Trinajstić information content (AvgIpc) is 3.00. The van der Waals surface area contributed by atoms with Crippen LogP contribution in [0.25, 0.3) is 5.69 Å². The number of aliphatic imine (C=N–C) groups is 1. The molecule has 28 heavy (non-hydrogen) atoms. The fourth-order valence-corrected chi connectivity index (χ4v) is 3.33. The Kier molecular flexibility index (Phi) is 5.78. The molecular weight excluding hydrogens is 348 g/mol. The fraction of sp³-hybridized carbons (Fsp3) is 0.250. The molecule has 2 aromatic carbocycles. The van der Waals surface area contributed by atoms with E-state index in [0.29, 0.717) is 5.56 Å². The fourth-order valence-electron chi connectivity index (χ4n) is 3.33. The standard InChI is InChI=1S/C24H26N2O2/c1-6-19-8-11-22(12-9-19)26-17(3)13-21(18(26)4)15-25-23-14-20(24(27)28-5)10-7-16(23)2/h7-15H,6H2,1-5H3. The van der Waals surface area contributed by atoms with Gasteiger partial charge in [0.15, 0.2) is 0 Å². The number of esters is 1. The van der Waals surface area contributed by atoms with Crippen molar-refractivity contribution in [2.75, 3.05) is 7.11 Å². The van der Waals surface area contributed by atoms with Gasteiger partial charge in [0.05, 0.1) is 18.4 Å². The zero-order chi connectivity index (χ0) is 20.3. The van der Waals surface area contributed by atoms with Gasteiger partial charge in [-0.3, -0.25) is 4.99 Å². The van der Waals surface area contributed by atoms with E-state index in [1.165, 1.54) is 12.7 Å². The maximum Gasteiger partial charge on any atom is 0.337 e. The van der Waals surface area contributed by atoms with Crippen LogP contribution < -0.4 is 0 Å². The number of aryl methyl sites for hydroxylation is 3. The van der Waals surface area contributed by atoms with E-state index >= 15 is 0 Å². The third-order valence-corrected chi connectivity index (χ3v) is 5.05. The predicted molar refractivity (Wildman–Crippen MR) is 114 cm³/mol. The van der Waals surface area contributed by atoms with Gasteiger partial charge < -0.3 is 9.30 Å². The molecule has 1 aromatic heterocycles. The van der Waals surface area contributed by atoms with Crippen molar-refractivity contribution in [2.45, 2.75) is 34.1 Å². The van der Waals surface area contributed by atoms with Gasteiger partial charge in [0.1, 0.15) is 0 Å². The first-order valence-corrected chi connectivity index (χ1v) is 9.46. The molecule has 0 atom stereocenters. The van der Waals surface area contributed by atoms with E-state index in [-0.39, 0.29) is 5.97 Å². The molecule has 4 nitrogen and oxygen atoms in total. The Labute approximate surface area is 166 Å². The van der Waals surface area contributed by atoms with E-state index in [1.807, 2.05) is 19.2 Å². The molecular formula is C24H26N2O2. The maximum atomic E-state index is 11.8. The van der Waals surface area contributed by atoms with Gasteiger partial charge in [0.25, 0.3) is 0 Å². The molecule has 0 saturated heterocycles. The minimum absolute atomic E-state index is 0.356. The molecule has 0 fully saturated rings. The lowest BCUT2D eigenvalue weighted by Crippen LogP contribution is -2.01. The number of carbonyl (C=O) groups excluding carboxylic acids is 1. The molecule has 0 radical (unpaired) electrons. The molecule has 0 N–H and O–H groups in total. The minimum atomic E-state index is -0.356. The number of hydrogen-bond acceptors (Lipinski definition) is 3. The summed E-state index contributed by atoms with van der Waals surface area (Å²) in [6, 6.07) is 16.2. The van der Waals surface area contributed by atoms with Crippen molar-refractivity contribution < 1.29 is 9.53 Å². The van der Waals surface area contributed by atoms with Gasteiger partial charge in [0, 0.05) is 28.9 Å². The van der Waals surface area contributed by atoms with Gasteiger partial charge in [-0.05, 0) is 68.7 Å². The topological polar surface area (TPSA) is 43.6 Å². The molecule has 4 heteroatoms. The van der Waals surface area contributed by atoms with Crippen LogP contribution in [-0.4, -0.2) is 23.9 Å². The Balaban J connectivity index is 1.94. The van der Waals surface area contributed by atoms with Gasteiger partial charge in [-0.1, -0.05) is 25.1 Å². The van der Waals surface area contributed by atoms with Crippen LogP contribution in [-0.2, 0) is 11.2 Å². The molecule has 0 aliphatic rings. The molecule has 0 saturated carbocycles. The van der Waals surface area contributed by atoms with E-state index in [1.54, 1.807) is 12.1 Å². The Morgan fingerprint density at radius 1 is 1.07 bits per heavy atom. The number of aromatic nitrogens is 1. The van der Waals surface area contributed by atoms with Crippen molar-refractivity contribution in [3.05, 3.63) is 82.2 Å². The highest BCUT2D eigenvalue weighted by Crippen LogP contribution is 2.23. The van der Waals surface area contributed by atoms with Gasteiger partial charge in [0.2, 0.25) is 0 Å². The zero-order valence-corrected chi connectivity index (χ0v) is 17.1. The summed E-state index contributed by atoms with van der Waals surface area (Å²) in [5, 5.41) is 0. The first kappa shape index (κ1) is 19.6. The Bertz CT molecular complexity index is 1030. The summed E-state index contributed by atoms with van der Waals surface area (Å²) in [7, 11) is 1.38. The molecule has 0 bridgehead atoms. The van der Waals surface area contributed by atoms with Gasteiger partial charge in [-0.15, -0.1) is 0 Å². The van der Waals surface area contributed by atoms with E-state index in [2.05, 4.69) is 60.7 Å². The van der Waals surface area contributed by atoms with E-state index in [9.17, 15) is 4.79 Å². The van der Waals surface area contributed by atoms with Crippen LogP contribution >= 0.6 is 0 Å². The molecule has 0 unspecified atom stereocenters. The first-order chi connectivity index (χ1) is 13.4. The normalized spacial score (nSPS) is 11.2. The van der Waals surface area contributed by atoms with Crippen LogP contribution in [0.5, 0.6) is 0 Å². The summed E-state index contributed by atoms with van der Waals surface area (Å²) in [5.74, 6) is -0.356. The monoisotopic (exact) mass is 374 g/mol. The Morgan fingerprint density at radius 2 is 1.79 bits per heavy atom. The Morgan fingerprint density at radius 3 is 2.43 bits per heavy atom. The summed E-state index contributed by atoms with van der Waals surface area (Å²) in [6.45, 7) is 8.33. The summed E-state index contributed by atoms with van der Waals surface area (Å²) in [4.78, 5) is 16.4. The molecule has 1 heterocycles. The van der Waals surface area contributed by atoms with Crippen molar-refractivity contribution in [2.24, 2.45) is 4.99 Å². The highest BCUT2D eigenvalue weighted by molar-refractivity contribution is 5.91. The second-order valence-corrected chi connectivity index (χ2v) is 6.93. The largest absolute Gasteiger partial charge is 0.465 e. The van der Waals surface area contributed by atoms with Crippen molar-refractivity contribution in [1.29, 1.82) is 0 Å². The van der Waals surface area contributed by atoms with E-state index in [4.69, 9.17) is 4.74 Å². The number of hydrogen-bond donors (Lipinski definition) is 0. The lowest BCUT2D eigenvalue weighted by Gasteiger charge is -2.10. The van der Waals surface area contributed by atoms with Crippen LogP contribution in [0.2, 0.25) is 0 Å². The second kappa shape index (κ2) is 8.26. The average molecular weight is 374 g/mol. The molecule has 0 amide bonds. The predicted octanol–water partition coefficient (Wildman–Crippen LogP) is 5.50. The lowest BCUT2D eigenvalue weighted by atomic mass is 10.1. The van der Waals surface area contributed by atoms with Crippen LogP contribution in [0.4, 0.5) is 5.69 Å². The van der Waals surface area contributed by atoms with E-state index < -0.39 is 0 Å². The van der Waals surface area contributed by atoms with Crippen molar-refractivity contribution in [1.82, 2.24) is 4.57 Å². The minimum Gasteiger partial charge on any atom is -0.465 e. The number of methoxy groups -OCH3 is 1. The van der Waals surface area contributed by atoms with E-state index in [0.717, 1.165) is 40.3 Å². The van der Waals surface area contributed by atoms with Crippen LogP contribution in [0.3, 0.4) is 0 Å². The number of nitrogens with zero attached hydrogens (tertiary/aromatic N) is 2. The third-order valence-electron chi connectivity index (χ3n) is 5.05. The SMILES string of the molecule is CCc1ccc(-n2c(C)cc(C=Nc3cc(C(=O)OC)ccc3C)c2C)cc1. The summed E-state index contributed by atoms with van der Waals surface area (Å²) < 4.78 is 7.04. The van der Waals surface area contributed by atoms with Crippen molar-refractivity contribution in [3.63, 3.8) is 0 Å². The van der Waals surface area contributed by atoms with Crippen molar-refractivity contribution in [3.8, 4) is 5.69 Å². The smallest absolute Gasteiger partial charge is 0.337 e. The highest BCUT2D eigenvalue weighted by Gasteiger charge is 2.11. The second-order valence-electron chi connectivity index (χ2n) is 6.93. The van der Waals surface area contributed by atoms with Crippen molar-refractivity contribution >= 4 is 17.9 Å². The zero-order valence-electron chi connectivity index (χ0n) is 17.1. The molecule has 0 spiro atoms. The van der Waals surface area contributed by atoms with Crippen LogP contribution in [0.1, 0.15) is 45.4 Å². The van der Waals surface area contributed by atoms with Crippen LogP contribution in [0, 0.1) is 20.8 Å². The van der Waals surface area contributed by atoms with Gasteiger partial charge in [-0.2, -0.15) is 0 Å². The Hall–Kier alpha value is -3.14. The summed E-state index contributed by atoms with van der Waals surface area (Å²) in [6.07, 6.45) is 2.90. The number of ether oxygens (including phenoxy) is 1. The quantitative estimate of drug-likeness (QED) is 0.437. The maximum absolute atomic E-state index is 11.8. The third kappa shape index (κ3) is 3.91. The molecule has 3 aromatic rings.